The fraction of sp³-hybridized carbons (Fsp3) is 0.722. The molecule has 1 amide bonds. The van der Waals surface area contributed by atoms with Crippen LogP contribution >= 0.6 is 0 Å². The van der Waals surface area contributed by atoms with Gasteiger partial charge in [-0.05, 0) is 44.4 Å². The molecule has 2 saturated carbocycles. The second-order valence-electron chi connectivity index (χ2n) is 8.11. The Labute approximate surface area is 158 Å². The van der Waals surface area contributed by atoms with Gasteiger partial charge in [0.15, 0.2) is 11.5 Å². The van der Waals surface area contributed by atoms with Crippen LogP contribution in [0.15, 0.2) is 10.7 Å². The van der Waals surface area contributed by atoms with E-state index in [0.717, 1.165) is 44.3 Å². The van der Waals surface area contributed by atoms with Gasteiger partial charge in [-0.2, -0.15) is 4.98 Å². The maximum absolute atomic E-state index is 12.7. The zero-order valence-corrected chi connectivity index (χ0v) is 15.8. The standard InChI is InChI=1S/C18H27N7O2/c1-10(2)15(18-21-16(23-27-18)11-3-4-11)20-17(26)14-9-25(24-22-14)13-7-5-12(19)6-8-13/h9-13,15H,3-8,19H2,1-2H3,(H,20,26). The Morgan fingerprint density at radius 3 is 2.67 bits per heavy atom. The van der Waals surface area contributed by atoms with Crippen molar-refractivity contribution in [3.63, 3.8) is 0 Å². The van der Waals surface area contributed by atoms with Gasteiger partial charge in [0.05, 0.1) is 12.2 Å². The molecule has 9 heteroatoms. The van der Waals surface area contributed by atoms with Crippen LogP contribution in [0.4, 0.5) is 0 Å². The summed E-state index contributed by atoms with van der Waals surface area (Å²) in [4.78, 5) is 17.2. The molecule has 2 fully saturated rings. The first-order valence-corrected chi connectivity index (χ1v) is 9.83. The number of amides is 1. The van der Waals surface area contributed by atoms with E-state index in [2.05, 4.69) is 25.8 Å². The van der Waals surface area contributed by atoms with E-state index < -0.39 is 0 Å². The first-order valence-electron chi connectivity index (χ1n) is 9.83. The van der Waals surface area contributed by atoms with E-state index in [-0.39, 0.29) is 30.0 Å². The molecule has 1 unspecified atom stereocenters. The maximum Gasteiger partial charge on any atom is 0.274 e. The number of carbonyl (C=O) groups excluding carboxylic acids is 1. The average Bonchev–Trinajstić information content (AvgIpc) is 3.18. The number of hydrogen-bond donors (Lipinski definition) is 2. The van der Waals surface area contributed by atoms with Crippen LogP contribution in [-0.2, 0) is 0 Å². The molecule has 0 aliphatic heterocycles. The molecule has 0 aromatic carbocycles. The van der Waals surface area contributed by atoms with Crippen LogP contribution in [0.5, 0.6) is 0 Å². The second-order valence-corrected chi connectivity index (χ2v) is 8.11. The topological polar surface area (TPSA) is 125 Å². The SMILES string of the molecule is CC(C)C(NC(=O)c1cn(C2CCC(N)CC2)nn1)c1nc(C2CC2)no1. The Hall–Kier alpha value is -2.29. The molecule has 27 heavy (non-hydrogen) atoms. The van der Waals surface area contributed by atoms with Crippen LogP contribution in [0.3, 0.4) is 0 Å². The van der Waals surface area contributed by atoms with Crippen molar-refractivity contribution in [3.8, 4) is 0 Å². The minimum atomic E-state index is -0.352. The number of aromatic nitrogens is 5. The van der Waals surface area contributed by atoms with Crippen LogP contribution in [0.2, 0.25) is 0 Å². The zero-order valence-electron chi connectivity index (χ0n) is 15.8. The lowest BCUT2D eigenvalue weighted by Crippen LogP contribution is -2.32. The van der Waals surface area contributed by atoms with Gasteiger partial charge in [0.25, 0.3) is 5.91 Å². The van der Waals surface area contributed by atoms with E-state index in [1.165, 1.54) is 0 Å². The van der Waals surface area contributed by atoms with Crippen molar-refractivity contribution in [2.75, 3.05) is 0 Å². The number of rotatable bonds is 6. The number of nitrogens with two attached hydrogens (primary N) is 1. The molecule has 0 saturated heterocycles. The third kappa shape index (κ3) is 4.02. The summed E-state index contributed by atoms with van der Waals surface area (Å²) in [6, 6.07) is 0.182. The monoisotopic (exact) mass is 373 g/mol. The highest BCUT2D eigenvalue weighted by molar-refractivity contribution is 5.92. The van der Waals surface area contributed by atoms with Gasteiger partial charge in [0, 0.05) is 12.0 Å². The second kappa shape index (κ2) is 7.38. The van der Waals surface area contributed by atoms with Gasteiger partial charge in [-0.25, -0.2) is 4.68 Å². The third-order valence-electron chi connectivity index (χ3n) is 5.48. The summed E-state index contributed by atoms with van der Waals surface area (Å²) in [5.74, 6) is 1.43. The molecule has 9 nitrogen and oxygen atoms in total. The van der Waals surface area contributed by atoms with E-state index in [0.29, 0.717) is 17.5 Å². The molecular weight excluding hydrogens is 346 g/mol. The van der Waals surface area contributed by atoms with Crippen molar-refractivity contribution in [3.05, 3.63) is 23.6 Å². The first kappa shape index (κ1) is 18.1. The molecule has 3 N–H and O–H groups in total. The average molecular weight is 373 g/mol. The molecule has 4 rings (SSSR count). The van der Waals surface area contributed by atoms with Crippen molar-refractivity contribution < 1.29 is 9.32 Å². The van der Waals surface area contributed by atoms with Gasteiger partial charge in [-0.1, -0.05) is 24.2 Å². The molecule has 1 atom stereocenters. The van der Waals surface area contributed by atoms with Crippen molar-refractivity contribution in [2.45, 2.75) is 76.4 Å². The highest BCUT2D eigenvalue weighted by Crippen LogP contribution is 2.38. The minimum absolute atomic E-state index is 0.108. The lowest BCUT2D eigenvalue weighted by Gasteiger charge is -2.25. The Kier molecular flexibility index (Phi) is 4.94. The van der Waals surface area contributed by atoms with Crippen LogP contribution in [0.25, 0.3) is 0 Å². The van der Waals surface area contributed by atoms with E-state index >= 15 is 0 Å². The first-order chi connectivity index (χ1) is 13.0. The predicted molar refractivity (Wildman–Crippen MR) is 96.8 cm³/mol. The van der Waals surface area contributed by atoms with Crippen molar-refractivity contribution in [1.82, 2.24) is 30.5 Å². The van der Waals surface area contributed by atoms with Crippen LogP contribution in [0.1, 0.15) is 92.6 Å². The van der Waals surface area contributed by atoms with E-state index in [1.807, 2.05) is 13.8 Å². The Morgan fingerprint density at radius 1 is 1.26 bits per heavy atom. The molecule has 2 aliphatic carbocycles. The number of hydrogen-bond acceptors (Lipinski definition) is 7. The van der Waals surface area contributed by atoms with Gasteiger partial charge >= 0.3 is 0 Å². The Bertz CT molecular complexity index is 787. The van der Waals surface area contributed by atoms with Crippen LogP contribution in [0, 0.1) is 5.92 Å². The van der Waals surface area contributed by atoms with Gasteiger partial charge in [0.1, 0.15) is 6.04 Å². The normalized spacial score (nSPS) is 24.1. The van der Waals surface area contributed by atoms with Crippen LogP contribution < -0.4 is 11.1 Å². The molecular formula is C18H27N7O2. The fourth-order valence-corrected chi connectivity index (χ4v) is 3.54. The Morgan fingerprint density at radius 2 is 2.00 bits per heavy atom. The molecule has 2 aromatic rings. The summed E-state index contributed by atoms with van der Waals surface area (Å²) >= 11 is 0. The van der Waals surface area contributed by atoms with Crippen molar-refractivity contribution in [1.29, 1.82) is 0 Å². The third-order valence-corrected chi connectivity index (χ3v) is 5.48. The highest BCUT2D eigenvalue weighted by atomic mass is 16.5. The summed E-state index contributed by atoms with van der Waals surface area (Å²) in [5.41, 5.74) is 6.26. The van der Waals surface area contributed by atoms with Gasteiger partial charge in [0.2, 0.25) is 5.89 Å². The summed E-state index contributed by atoms with van der Waals surface area (Å²) in [6.07, 6.45) is 7.81. The summed E-state index contributed by atoms with van der Waals surface area (Å²) in [6.45, 7) is 4.02. The van der Waals surface area contributed by atoms with Crippen molar-refractivity contribution >= 4 is 5.91 Å². The molecule has 0 radical (unpaired) electrons. The molecule has 2 aromatic heterocycles. The lowest BCUT2D eigenvalue weighted by molar-refractivity contribution is 0.0908. The predicted octanol–water partition coefficient (Wildman–Crippen LogP) is 2.11. The van der Waals surface area contributed by atoms with Gasteiger partial charge in [-0.15, -0.1) is 5.10 Å². The number of nitrogens with one attached hydrogen (secondary N) is 1. The molecule has 2 aliphatic rings. The Balaban J connectivity index is 1.43. The molecule has 2 heterocycles. The molecule has 146 valence electrons. The quantitative estimate of drug-likeness (QED) is 0.794. The lowest BCUT2D eigenvalue weighted by atomic mass is 9.92. The maximum atomic E-state index is 12.7. The fourth-order valence-electron chi connectivity index (χ4n) is 3.54. The largest absolute Gasteiger partial charge is 0.339 e. The molecule has 0 spiro atoms. The number of nitrogens with zero attached hydrogens (tertiary/aromatic N) is 5. The van der Waals surface area contributed by atoms with Crippen LogP contribution in [-0.4, -0.2) is 37.1 Å². The number of carbonyl (C=O) groups is 1. The smallest absolute Gasteiger partial charge is 0.274 e. The minimum Gasteiger partial charge on any atom is -0.339 e. The van der Waals surface area contributed by atoms with E-state index in [4.69, 9.17) is 10.3 Å². The summed E-state index contributed by atoms with van der Waals surface area (Å²) in [7, 11) is 0. The van der Waals surface area contributed by atoms with Gasteiger partial charge < -0.3 is 15.6 Å². The highest BCUT2D eigenvalue weighted by Gasteiger charge is 2.32. The molecule has 0 bridgehead atoms. The zero-order chi connectivity index (χ0) is 19.0. The summed E-state index contributed by atoms with van der Waals surface area (Å²) < 4.78 is 7.20. The summed E-state index contributed by atoms with van der Waals surface area (Å²) in [5, 5.41) is 15.3. The van der Waals surface area contributed by atoms with E-state index in [1.54, 1.807) is 10.9 Å². The van der Waals surface area contributed by atoms with E-state index in [9.17, 15) is 4.79 Å². The van der Waals surface area contributed by atoms with Gasteiger partial charge in [-0.3, -0.25) is 4.79 Å². The van der Waals surface area contributed by atoms with Crippen molar-refractivity contribution in [2.24, 2.45) is 11.7 Å².